The molecule has 0 saturated carbocycles. The van der Waals surface area contributed by atoms with Crippen molar-refractivity contribution in [1.82, 2.24) is 0 Å². The van der Waals surface area contributed by atoms with Gasteiger partial charge >= 0.3 is 0 Å². The molecule has 0 saturated heterocycles. The quantitative estimate of drug-likeness (QED) is 0.631. The third kappa shape index (κ3) is 2.72. The van der Waals surface area contributed by atoms with Gasteiger partial charge in [0.15, 0.2) is 23.2 Å². The van der Waals surface area contributed by atoms with Crippen LogP contribution in [0.5, 0.6) is 28.7 Å². The molecule has 0 bridgehead atoms. The highest BCUT2D eigenvalue weighted by atomic mass is 16.6. The van der Waals surface area contributed by atoms with Crippen molar-refractivity contribution in [2.45, 2.75) is 30.3 Å². The number of aliphatic hydroxyl groups is 3. The lowest BCUT2D eigenvalue weighted by molar-refractivity contribution is -0.179. The van der Waals surface area contributed by atoms with E-state index in [0.717, 1.165) is 5.56 Å². The van der Waals surface area contributed by atoms with Crippen molar-refractivity contribution in [2.24, 2.45) is 0 Å². The Morgan fingerprint density at radius 3 is 2.61 bits per heavy atom. The third-order valence-corrected chi connectivity index (χ3v) is 6.34. The standard InChI is InChI=1S/C23H24O8/c1-11(9-24)16-6-13-15(30-16)5-4-12-21(13)31-20-10-29-17-8-19(28-3)18(27-2)7-14(17)23(20,26)22(12)25/h4-5,7-8,16,20,22,24-26H,1,6,9-10H2,2-3H3/t16-,20-,22+,23-/m1/s1. The van der Waals surface area contributed by atoms with Crippen LogP contribution in [0.1, 0.15) is 22.8 Å². The first kappa shape index (κ1) is 20.0. The summed E-state index contributed by atoms with van der Waals surface area (Å²) in [5.74, 6) is 2.34. The molecule has 4 atom stereocenters. The van der Waals surface area contributed by atoms with Crippen LogP contribution in [-0.4, -0.2) is 55.0 Å². The Hall–Kier alpha value is -2.94. The molecule has 3 N–H and O–H groups in total. The molecule has 5 rings (SSSR count). The van der Waals surface area contributed by atoms with Crippen molar-refractivity contribution in [2.75, 3.05) is 27.4 Å². The molecular weight excluding hydrogens is 404 g/mol. The van der Waals surface area contributed by atoms with Gasteiger partial charge in [-0.25, -0.2) is 0 Å². The molecule has 8 nitrogen and oxygen atoms in total. The molecule has 3 heterocycles. The van der Waals surface area contributed by atoms with Gasteiger partial charge in [0.1, 0.15) is 36.1 Å². The van der Waals surface area contributed by atoms with E-state index < -0.39 is 17.8 Å². The molecule has 3 aliphatic rings. The highest BCUT2D eigenvalue weighted by molar-refractivity contribution is 5.60. The van der Waals surface area contributed by atoms with E-state index in [4.69, 9.17) is 23.7 Å². The van der Waals surface area contributed by atoms with Gasteiger partial charge in [-0.1, -0.05) is 6.58 Å². The van der Waals surface area contributed by atoms with Crippen molar-refractivity contribution in [1.29, 1.82) is 0 Å². The summed E-state index contributed by atoms with van der Waals surface area (Å²) in [5, 5.41) is 32.5. The van der Waals surface area contributed by atoms with E-state index in [1.807, 2.05) is 0 Å². The van der Waals surface area contributed by atoms with E-state index in [2.05, 4.69) is 6.58 Å². The number of methoxy groups -OCH3 is 2. The van der Waals surface area contributed by atoms with Gasteiger partial charge in [0.05, 0.1) is 20.8 Å². The Labute approximate surface area is 179 Å². The summed E-state index contributed by atoms with van der Waals surface area (Å²) in [6, 6.07) is 6.67. The second kappa shape index (κ2) is 7.05. The third-order valence-electron chi connectivity index (χ3n) is 6.34. The Bertz CT molecular complexity index is 1060. The number of ether oxygens (including phenoxy) is 5. The smallest absolute Gasteiger partial charge is 0.168 e. The molecule has 2 aromatic rings. The molecule has 2 aromatic carbocycles. The Morgan fingerprint density at radius 2 is 1.90 bits per heavy atom. The molecule has 0 aromatic heterocycles. The fourth-order valence-electron chi connectivity index (χ4n) is 4.58. The maximum atomic E-state index is 11.7. The maximum Gasteiger partial charge on any atom is 0.168 e. The van der Waals surface area contributed by atoms with E-state index in [1.54, 1.807) is 24.3 Å². The second-order valence-electron chi connectivity index (χ2n) is 7.94. The number of hydrogen-bond acceptors (Lipinski definition) is 8. The minimum atomic E-state index is -1.75. The average molecular weight is 428 g/mol. The van der Waals surface area contributed by atoms with Crippen LogP contribution in [0.15, 0.2) is 36.4 Å². The lowest BCUT2D eigenvalue weighted by Gasteiger charge is -2.47. The SMILES string of the molecule is C=C(CO)[C@H]1Cc2c(ccc3c2O[C@@H]2COc4cc(OC)c(OC)cc4[C@]2(O)[C@H]3O)O1. The maximum absolute atomic E-state index is 11.7. The van der Waals surface area contributed by atoms with E-state index in [9.17, 15) is 15.3 Å². The van der Waals surface area contributed by atoms with Gasteiger partial charge < -0.3 is 39.0 Å². The Kier molecular flexibility index (Phi) is 4.55. The fraction of sp³-hybridized carbons (Fsp3) is 0.391. The number of fused-ring (bicyclic) bond motifs is 6. The van der Waals surface area contributed by atoms with Crippen LogP contribution in [0.4, 0.5) is 0 Å². The summed E-state index contributed by atoms with van der Waals surface area (Å²) in [4.78, 5) is 0. The molecule has 0 spiro atoms. The van der Waals surface area contributed by atoms with Crippen molar-refractivity contribution in [3.8, 4) is 28.7 Å². The van der Waals surface area contributed by atoms with E-state index in [0.29, 0.717) is 51.9 Å². The van der Waals surface area contributed by atoms with Gasteiger partial charge in [-0.15, -0.1) is 0 Å². The monoisotopic (exact) mass is 428 g/mol. The van der Waals surface area contributed by atoms with Crippen molar-refractivity contribution in [3.05, 3.63) is 53.1 Å². The summed E-state index contributed by atoms with van der Waals surface area (Å²) in [7, 11) is 3.01. The molecule has 3 aliphatic heterocycles. The van der Waals surface area contributed by atoms with Crippen LogP contribution in [0, 0.1) is 0 Å². The zero-order valence-electron chi connectivity index (χ0n) is 17.3. The van der Waals surface area contributed by atoms with Crippen molar-refractivity contribution >= 4 is 0 Å². The number of rotatable bonds is 4. The van der Waals surface area contributed by atoms with Gasteiger partial charge in [-0.2, -0.15) is 0 Å². The molecule has 0 unspecified atom stereocenters. The minimum Gasteiger partial charge on any atom is -0.493 e. The van der Waals surface area contributed by atoms with Gasteiger partial charge in [0.25, 0.3) is 0 Å². The molecule has 31 heavy (non-hydrogen) atoms. The van der Waals surface area contributed by atoms with Gasteiger partial charge in [-0.3, -0.25) is 0 Å². The van der Waals surface area contributed by atoms with Gasteiger partial charge in [-0.05, 0) is 23.8 Å². The van der Waals surface area contributed by atoms with Crippen LogP contribution in [0.3, 0.4) is 0 Å². The first-order chi connectivity index (χ1) is 14.9. The molecule has 0 aliphatic carbocycles. The molecule has 0 amide bonds. The zero-order valence-corrected chi connectivity index (χ0v) is 17.3. The second-order valence-corrected chi connectivity index (χ2v) is 7.94. The van der Waals surface area contributed by atoms with Crippen LogP contribution in [0.25, 0.3) is 0 Å². The van der Waals surface area contributed by atoms with E-state index >= 15 is 0 Å². The molecule has 0 radical (unpaired) electrons. The zero-order chi connectivity index (χ0) is 21.9. The van der Waals surface area contributed by atoms with Crippen LogP contribution < -0.4 is 23.7 Å². The topological polar surface area (TPSA) is 107 Å². The highest BCUT2D eigenvalue weighted by Gasteiger charge is 2.56. The van der Waals surface area contributed by atoms with Crippen LogP contribution in [0.2, 0.25) is 0 Å². The van der Waals surface area contributed by atoms with Crippen LogP contribution in [-0.2, 0) is 12.0 Å². The first-order valence-electron chi connectivity index (χ1n) is 9.99. The van der Waals surface area contributed by atoms with Crippen molar-refractivity contribution in [3.63, 3.8) is 0 Å². The first-order valence-corrected chi connectivity index (χ1v) is 9.99. The molecule has 164 valence electrons. The Balaban J connectivity index is 1.60. The van der Waals surface area contributed by atoms with Gasteiger partial charge in [0, 0.05) is 29.2 Å². The molecule has 8 heteroatoms. The van der Waals surface area contributed by atoms with E-state index in [-0.39, 0.29) is 19.3 Å². The summed E-state index contributed by atoms with van der Waals surface area (Å²) in [6.07, 6.45) is -2.04. The largest absolute Gasteiger partial charge is 0.493 e. The minimum absolute atomic E-state index is 0.0345. The number of hydrogen-bond donors (Lipinski definition) is 3. The predicted molar refractivity (Wildman–Crippen MR) is 109 cm³/mol. The predicted octanol–water partition coefficient (Wildman–Crippen LogP) is 1.63. The summed E-state index contributed by atoms with van der Waals surface area (Å²) in [5.41, 5.74) is 0.411. The molecular formula is C23H24O8. The molecule has 0 fully saturated rings. The average Bonchev–Trinajstić information content (AvgIpc) is 3.23. The summed E-state index contributed by atoms with van der Waals surface area (Å²) >= 11 is 0. The lowest BCUT2D eigenvalue weighted by atomic mass is 9.76. The Morgan fingerprint density at radius 1 is 1.16 bits per heavy atom. The number of aliphatic hydroxyl groups excluding tert-OH is 2. The van der Waals surface area contributed by atoms with E-state index in [1.165, 1.54) is 14.2 Å². The van der Waals surface area contributed by atoms with Gasteiger partial charge in [0.2, 0.25) is 0 Å². The normalized spacial score (nSPS) is 27.5. The summed E-state index contributed by atoms with van der Waals surface area (Å²) < 4.78 is 28.7. The summed E-state index contributed by atoms with van der Waals surface area (Å²) in [6.45, 7) is 3.71. The van der Waals surface area contributed by atoms with Crippen LogP contribution >= 0.6 is 0 Å². The lowest BCUT2D eigenvalue weighted by Crippen LogP contribution is -2.56. The fourth-order valence-corrected chi connectivity index (χ4v) is 4.58. The number of benzene rings is 2. The van der Waals surface area contributed by atoms with Crippen molar-refractivity contribution < 1.29 is 39.0 Å². The highest BCUT2D eigenvalue weighted by Crippen LogP contribution is 2.55.